The molecular weight excluding hydrogens is 996 g/mol. The second kappa shape index (κ2) is 60.3. The van der Waals surface area contributed by atoms with Crippen LogP contribution in [0.5, 0.6) is 0 Å². The first kappa shape index (κ1) is 76.7. The highest BCUT2D eigenvalue weighted by Crippen LogP contribution is 2.43. The molecular formula is C70H130N2O6P+. The fraction of sp³-hybridized carbons (Fsp3) is 0.786. The van der Waals surface area contributed by atoms with Crippen molar-refractivity contribution in [1.29, 1.82) is 0 Å². The number of amides is 1. The van der Waals surface area contributed by atoms with Gasteiger partial charge >= 0.3 is 7.82 Å². The van der Waals surface area contributed by atoms with Crippen LogP contribution in [0.1, 0.15) is 303 Å². The third-order valence-corrected chi connectivity index (χ3v) is 15.8. The van der Waals surface area contributed by atoms with E-state index in [4.69, 9.17) is 9.05 Å². The molecule has 0 radical (unpaired) electrons. The number of aliphatic hydroxyl groups excluding tert-OH is 1. The summed E-state index contributed by atoms with van der Waals surface area (Å²) in [6.07, 6.45) is 85.8. The van der Waals surface area contributed by atoms with Crippen LogP contribution in [0.3, 0.4) is 0 Å². The predicted octanol–water partition coefficient (Wildman–Crippen LogP) is 21.2. The number of rotatable bonds is 61. The molecule has 0 rings (SSSR count). The van der Waals surface area contributed by atoms with Crippen molar-refractivity contribution in [3.63, 3.8) is 0 Å². The van der Waals surface area contributed by atoms with Gasteiger partial charge in [-0.2, -0.15) is 0 Å². The Bertz CT molecular complexity index is 1560. The van der Waals surface area contributed by atoms with Gasteiger partial charge < -0.3 is 19.8 Å². The molecule has 0 aromatic rings. The lowest BCUT2D eigenvalue weighted by atomic mass is 10.0. The van der Waals surface area contributed by atoms with E-state index in [0.717, 1.165) is 70.6 Å². The summed E-state index contributed by atoms with van der Waals surface area (Å²) < 4.78 is 23.8. The number of likely N-dealkylation sites (N-methyl/N-ethyl adjacent to an activating group) is 1. The number of phosphoric acid groups is 1. The van der Waals surface area contributed by atoms with E-state index in [2.05, 4.69) is 92.1 Å². The van der Waals surface area contributed by atoms with Crippen molar-refractivity contribution in [2.75, 3.05) is 40.9 Å². The van der Waals surface area contributed by atoms with Crippen molar-refractivity contribution in [3.8, 4) is 0 Å². The Morgan fingerprint density at radius 2 is 0.772 bits per heavy atom. The summed E-state index contributed by atoms with van der Waals surface area (Å²) in [6.45, 7) is 4.70. The van der Waals surface area contributed by atoms with Gasteiger partial charge in [-0.15, -0.1) is 0 Å². The van der Waals surface area contributed by atoms with Crippen LogP contribution in [0.25, 0.3) is 0 Å². The molecule has 0 aromatic heterocycles. The highest BCUT2D eigenvalue weighted by Gasteiger charge is 2.28. The maximum absolute atomic E-state index is 13.0. The highest BCUT2D eigenvalue weighted by atomic mass is 31.2. The average molecular weight is 1130 g/mol. The lowest BCUT2D eigenvalue weighted by molar-refractivity contribution is -0.870. The number of unbranched alkanes of at least 4 members (excludes halogenated alkanes) is 36. The SMILES string of the molecule is CC/C=C\C/C=C\C/C=C\C/C=C\CCCCCCCCCCCCCCCCC(=O)NC(COP(=O)(O)OCC[N+](C)(C)C)C(O)/C=C/CC/C=C/CC/C=C/CCCCCCCCCCCCCCCCCCCCCC. The molecule has 1 amide bonds. The Hall–Kier alpha value is -2.32. The van der Waals surface area contributed by atoms with Gasteiger partial charge in [-0.05, 0) is 83.5 Å². The number of hydrogen-bond acceptors (Lipinski definition) is 5. The zero-order valence-corrected chi connectivity index (χ0v) is 53.5. The minimum absolute atomic E-state index is 0.0508. The van der Waals surface area contributed by atoms with Gasteiger partial charge in [0.2, 0.25) is 5.91 Å². The van der Waals surface area contributed by atoms with E-state index in [-0.39, 0.29) is 19.1 Å². The van der Waals surface area contributed by atoms with E-state index in [0.29, 0.717) is 17.4 Å². The van der Waals surface area contributed by atoms with Crippen molar-refractivity contribution in [1.82, 2.24) is 5.32 Å². The molecule has 8 nitrogen and oxygen atoms in total. The van der Waals surface area contributed by atoms with Crippen molar-refractivity contribution < 1.29 is 32.9 Å². The summed E-state index contributed by atoms with van der Waals surface area (Å²) in [5.74, 6) is -0.191. The van der Waals surface area contributed by atoms with E-state index in [1.807, 2.05) is 27.2 Å². The number of aliphatic hydroxyl groups is 1. The van der Waals surface area contributed by atoms with E-state index in [1.54, 1.807) is 6.08 Å². The van der Waals surface area contributed by atoms with Gasteiger partial charge in [0.05, 0.1) is 39.9 Å². The zero-order chi connectivity index (χ0) is 57.7. The lowest BCUT2D eigenvalue weighted by Gasteiger charge is -2.25. The van der Waals surface area contributed by atoms with Gasteiger partial charge in [0.25, 0.3) is 0 Å². The maximum Gasteiger partial charge on any atom is 0.472 e. The molecule has 0 aliphatic heterocycles. The number of carbonyl (C=O) groups is 1. The van der Waals surface area contributed by atoms with Crippen LogP contribution in [0.4, 0.5) is 0 Å². The fourth-order valence-electron chi connectivity index (χ4n) is 9.66. The van der Waals surface area contributed by atoms with Crippen LogP contribution in [0.2, 0.25) is 0 Å². The third-order valence-electron chi connectivity index (χ3n) is 14.8. The summed E-state index contributed by atoms with van der Waals surface area (Å²) in [6, 6.07) is -0.876. The van der Waals surface area contributed by atoms with Gasteiger partial charge in [0.1, 0.15) is 13.2 Å². The Kier molecular flexibility index (Phi) is 58.5. The number of carbonyl (C=O) groups excluding carboxylic acids is 1. The molecule has 0 heterocycles. The Morgan fingerprint density at radius 1 is 0.443 bits per heavy atom. The number of nitrogens with one attached hydrogen (secondary N) is 1. The van der Waals surface area contributed by atoms with Gasteiger partial charge in [0.15, 0.2) is 0 Å². The smallest absolute Gasteiger partial charge is 0.387 e. The number of phosphoric ester groups is 1. The van der Waals surface area contributed by atoms with Crippen molar-refractivity contribution in [2.24, 2.45) is 0 Å². The van der Waals surface area contributed by atoms with Crippen LogP contribution in [-0.4, -0.2) is 73.4 Å². The first-order valence-electron chi connectivity index (χ1n) is 33.5. The van der Waals surface area contributed by atoms with Crippen LogP contribution in [0.15, 0.2) is 85.1 Å². The molecule has 9 heteroatoms. The Balaban J connectivity index is 4.17. The molecule has 0 aliphatic carbocycles. The fourth-order valence-corrected chi connectivity index (χ4v) is 10.4. The molecule has 3 N–H and O–H groups in total. The second-order valence-electron chi connectivity index (χ2n) is 23.8. The number of allylic oxidation sites excluding steroid dienone is 13. The summed E-state index contributed by atoms with van der Waals surface area (Å²) in [4.78, 5) is 23.4. The molecule has 79 heavy (non-hydrogen) atoms. The van der Waals surface area contributed by atoms with E-state index < -0.39 is 20.0 Å². The molecule has 0 saturated heterocycles. The molecule has 3 unspecified atom stereocenters. The average Bonchev–Trinajstić information content (AvgIpc) is 3.42. The monoisotopic (exact) mass is 1130 g/mol. The van der Waals surface area contributed by atoms with Gasteiger partial charge in [-0.3, -0.25) is 13.8 Å². The van der Waals surface area contributed by atoms with Gasteiger partial charge in [-0.25, -0.2) is 4.57 Å². The van der Waals surface area contributed by atoms with Crippen LogP contribution >= 0.6 is 7.82 Å². The van der Waals surface area contributed by atoms with E-state index in [1.165, 1.54) is 212 Å². The zero-order valence-electron chi connectivity index (χ0n) is 52.6. The van der Waals surface area contributed by atoms with Crippen LogP contribution in [-0.2, 0) is 18.4 Å². The van der Waals surface area contributed by atoms with Gasteiger partial charge in [0, 0.05) is 6.42 Å². The lowest BCUT2D eigenvalue weighted by Crippen LogP contribution is -2.45. The standard InChI is InChI=1S/C70H129N2O6P/c1-6-8-10-12-14-16-18-20-22-24-26-28-30-32-34-35-36-38-39-41-43-45-47-49-51-53-55-57-59-61-63-69(73)68(67-78-79(75,76)77-66-65-72(3,4)5)71-70(74)64-62-60-58-56-54-52-50-48-46-44-42-40-37-33-31-29-27-25-23-21-19-17-15-13-11-9-7-2/h9,11,15,17,21,23,27,29,45,47,53,55,61,63,68-69,73H,6-8,10,12-14,16,18-20,22,24-26,28,30-44,46,48-52,54,56-60,62,64-67H2,1-5H3,(H-,71,74,75,76)/p+1/b11-9-,17-15-,23-21-,29-27-,47-45+,55-53+,63-61+. The predicted molar refractivity (Wildman–Crippen MR) is 346 cm³/mol. The topological polar surface area (TPSA) is 105 Å². The largest absolute Gasteiger partial charge is 0.472 e. The maximum atomic E-state index is 13.0. The second-order valence-corrected chi connectivity index (χ2v) is 25.3. The summed E-state index contributed by atoms with van der Waals surface area (Å²) >= 11 is 0. The van der Waals surface area contributed by atoms with E-state index in [9.17, 15) is 19.4 Å². The minimum atomic E-state index is -4.37. The number of nitrogens with zero attached hydrogens (tertiary/aromatic N) is 1. The Labute approximate surface area is 490 Å². The van der Waals surface area contributed by atoms with E-state index >= 15 is 0 Å². The molecule has 3 atom stereocenters. The van der Waals surface area contributed by atoms with Crippen molar-refractivity contribution >= 4 is 13.7 Å². The van der Waals surface area contributed by atoms with Crippen molar-refractivity contribution in [2.45, 2.75) is 315 Å². The first-order chi connectivity index (χ1) is 38.5. The van der Waals surface area contributed by atoms with Crippen LogP contribution < -0.4 is 5.32 Å². The molecule has 0 aliphatic rings. The normalized spacial score (nSPS) is 14.3. The number of hydrogen-bond donors (Lipinski definition) is 3. The molecule has 0 aromatic carbocycles. The molecule has 0 spiro atoms. The molecule has 0 fully saturated rings. The van der Waals surface area contributed by atoms with Crippen LogP contribution in [0, 0.1) is 0 Å². The summed E-state index contributed by atoms with van der Waals surface area (Å²) in [7, 11) is 1.55. The summed E-state index contributed by atoms with van der Waals surface area (Å²) in [5.41, 5.74) is 0. The highest BCUT2D eigenvalue weighted by molar-refractivity contribution is 7.47. The quantitative estimate of drug-likeness (QED) is 0.0243. The summed E-state index contributed by atoms with van der Waals surface area (Å²) in [5, 5.41) is 14.0. The van der Waals surface area contributed by atoms with Crippen molar-refractivity contribution in [3.05, 3.63) is 85.1 Å². The molecule has 0 bridgehead atoms. The minimum Gasteiger partial charge on any atom is -0.387 e. The molecule has 460 valence electrons. The Morgan fingerprint density at radius 3 is 1.16 bits per heavy atom. The van der Waals surface area contributed by atoms with Gasteiger partial charge in [-0.1, -0.05) is 298 Å². The first-order valence-corrected chi connectivity index (χ1v) is 35.0. The third kappa shape index (κ3) is 63.1. The number of quaternary nitrogens is 1. The molecule has 0 saturated carbocycles.